The maximum Gasteiger partial charge on any atom is 0.234 e. The van der Waals surface area contributed by atoms with Gasteiger partial charge in [-0.05, 0) is 19.8 Å². The van der Waals surface area contributed by atoms with Gasteiger partial charge in [-0.3, -0.25) is 4.79 Å². The Bertz CT molecular complexity index is 195. The molecule has 0 rings (SSSR count). The molecule has 0 aliphatic heterocycles. The molecule has 0 heterocycles. The second-order valence-corrected chi connectivity index (χ2v) is 4.54. The summed E-state index contributed by atoms with van der Waals surface area (Å²) in [6.45, 7) is 8.76. The molecule has 0 saturated heterocycles. The van der Waals surface area contributed by atoms with Gasteiger partial charge in [-0.25, -0.2) is 0 Å². The molecule has 0 aromatic rings. The van der Waals surface area contributed by atoms with Gasteiger partial charge < -0.3 is 15.8 Å². The largest absolute Gasteiger partial charge is 0.378 e. The molecular weight excluding hydrogens is 204 g/mol. The third kappa shape index (κ3) is 7.65. The number of primary amides is 1. The van der Waals surface area contributed by atoms with Crippen LogP contribution in [0.3, 0.4) is 0 Å². The first-order valence-corrected chi connectivity index (χ1v) is 6.14. The van der Waals surface area contributed by atoms with Gasteiger partial charge in [0.05, 0.1) is 12.1 Å². The molecule has 4 nitrogen and oxygen atoms in total. The number of hydrogen-bond acceptors (Lipinski definition) is 3. The van der Waals surface area contributed by atoms with Gasteiger partial charge >= 0.3 is 0 Å². The molecule has 0 fully saturated rings. The summed E-state index contributed by atoms with van der Waals surface area (Å²) in [5.41, 5.74) is 5.30. The molecule has 0 aliphatic rings. The van der Waals surface area contributed by atoms with Crippen LogP contribution in [0.15, 0.2) is 0 Å². The predicted octanol–water partition coefficient (Wildman–Crippen LogP) is 1.43. The van der Waals surface area contributed by atoms with Gasteiger partial charge in [0.1, 0.15) is 0 Å². The van der Waals surface area contributed by atoms with Gasteiger partial charge in [0.2, 0.25) is 5.91 Å². The van der Waals surface area contributed by atoms with Crippen LogP contribution < -0.4 is 11.1 Å². The smallest absolute Gasteiger partial charge is 0.234 e. The molecular formula is C12H26N2O2. The van der Waals surface area contributed by atoms with Gasteiger partial charge in [0.25, 0.3) is 0 Å². The predicted molar refractivity (Wildman–Crippen MR) is 66.2 cm³/mol. The van der Waals surface area contributed by atoms with Crippen molar-refractivity contribution in [2.24, 2.45) is 5.73 Å². The van der Waals surface area contributed by atoms with Gasteiger partial charge in [0.15, 0.2) is 0 Å². The highest BCUT2D eigenvalue weighted by Crippen LogP contribution is 2.03. The summed E-state index contributed by atoms with van der Waals surface area (Å²) in [4.78, 5) is 11.1. The molecule has 0 radical (unpaired) electrons. The van der Waals surface area contributed by atoms with Crippen LogP contribution in [-0.4, -0.2) is 30.7 Å². The Balaban J connectivity index is 3.80. The molecule has 2 atom stereocenters. The third-order valence-electron chi connectivity index (χ3n) is 2.38. The van der Waals surface area contributed by atoms with E-state index in [4.69, 9.17) is 10.5 Å². The number of rotatable bonds is 9. The SMILES string of the molecule is CCCC(C)OCCC(NC(C)C)C(N)=O. The van der Waals surface area contributed by atoms with Crippen LogP contribution in [0, 0.1) is 0 Å². The summed E-state index contributed by atoms with van der Waals surface area (Å²) < 4.78 is 5.60. The molecule has 0 spiro atoms. The van der Waals surface area contributed by atoms with Crippen LogP contribution in [-0.2, 0) is 9.53 Å². The molecule has 16 heavy (non-hydrogen) atoms. The first-order chi connectivity index (χ1) is 7.47. The minimum absolute atomic E-state index is 0.255. The Morgan fingerprint density at radius 3 is 2.38 bits per heavy atom. The van der Waals surface area contributed by atoms with Gasteiger partial charge in [-0.15, -0.1) is 0 Å². The van der Waals surface area contributed by atoms with Crippen molar-refractivity contribution in [3.63, 3.8) is 0 Å². The van der Waals surface area contributed by atoms with Crippen molar-refractivity contribution in [2.75, 3.05) is 6.61 Å². The fraction of sp³-hybridized carbons (Fsp3) is 0.917. The first kappa shape index (κ1) is 15.4. The molecule has 3 N–H and O–H groups in total. The topological polar surface area (TPSA) is 64.3 Å². The van der Waals surface area contributed by atoms with E-state index in [1.165, 1.54) is 0 Å². The fourth-order valence-corrected chi connectivity index (χ4v) is 1.59. The fourth-order valence-electron chi connectivity index (χ4n) is 1.59. The van der Waals surface area contributed by atoms with E-state index >= 15 is 0 Å². The minimum Gasteiger partial charge on any atom is -0.378 e. The lowest BCUT2D eigenvalue weighted by atomic mass is 10.2. The normalized spacial score (nSPS) is 15.1. The monoisotopic (exact) mass is 230 g/mol. The van der Waals surface area contributed by atoms with Crippen molar-refractivity contribution in [2.45, 2.75) is 65.1 Å². The second-order valence-electron chi connectivity index (χ2n) is 4.54. The summed E-state index contributed by atoms with van der Waals surface area (Å²) in [5.74, 6) is -0.305. The average Bonchev–Trinajstić information content (AvgIpc) is 2.15. The zero-order valence-electron chi connectivity index (χ0n) is 11.0. The number of ether oxygens (including phenoxy) is 1. The lowest BCUT2D eigenvalue weighted by Crippen LogP contribution is -2.45. The van der Waals surface area contributed by atoms with Crippen LogP contribution in [0.4, 0.5) is 0 Å². The van der Waals surface area contributed by atoms with E-state index in [-0.39, 0.29) is 24.1 Å². The maximum atomic E-state index is 11.1. The average molecular weight is 230 g/mol. The standard InChI is InChI=1S/C12H26N2O2/c1-5-6-10(4)16-8-7-11(12(13)15)14-9(2)3/h9-11,14H,5-8H2,1-4H3,(H2,13,15). The molecule has 0 saturated carbocycles. The third-order valence-corrected chi connectivity index (χ3v) is 2.38. The van der Waals surface area contributed by atoms with E-state index in [9.17, 15) is 4.79 Å². The quantitative estimate of drug-likeness (QED) is 0.630. The van der Waals surface area contributed by atoms with Crippen molar-refractivity contribution in [3.05, 3.63) is 0 Å². The Morgan fingerprint density at radius 1 is 1.31 bits per heavy atom. The van der Waals surface area contributed by atoms with Crippen molar-refractivity contribution < 1.29 is 9.53 Å². The Labute approximate surface area is 98.9 Å². The van der Waals surface area contributed by atoms with Crippen molar-refractivity contribution in [1.82, 2.24) is 5.32 Å². The highest BCUT2D eigenvalue weighted by molar-refractivity contribution is 5.79. The molecule has 0 bridgehead atoms. The zero-order valence-corrected chi connectivity index (χ0v) is 11.0. The van der Waals surface area contributed by atoms with E-state index in [2.05, 4.69) is 19.2 Å². The lowest BCUT2D eigenvalue weighted by Gasteiger charge is -2.19. The molecule has 0 aliphatic carbocycles. The van der Waals surface area contributed by atoms with E-state index < -0.39 is 0 Å². The Kier molecular flexibility index (Phi) is 8.21. The summed E-state index contributed by atoms with van der Waals surface area (Å²) in [7, 11) is 0. The van der Waals surface area contributed by atoms with Crippen LogP contribution in [0.2, 0.25) is 0 Å². The number of nitrogens with one attached hydrogen (secondary N) is 1. The van der Waals surface area contributed by atoms with Crippen LogP contribution >= 0.6 is 0 Å². The zero-order chi connectivity index (χ0) is 12.6. The van der Waals surface area contributed by atoms with Gasteiger partial charge in [0, 0.05) is 12.6 Å². The minimum atomic E-state index is -0.305. The van der Waals surface area contributed by atoms with E-state index in [1.807, 2.05) is 13.8 Å². The maximum absolute atomic E-state index is 11.1. The van der Waals surface area contributed by atoms with E-state index in [0.29, 0.717) is 13.0 Å². The summed E-state index contributed by atoms with van der Waals surface area (Å²) >= 11 is 0. The summed E-state index contributed by atoms with van der Waals surface area (Å²) in [6.07, 6.45) is 3.07. The van der Waals surface area contributed by atoms with Crippen molar-refractivity contribution in [3.8, 4) is 0 Å². The molecule has 1 amide bonds. The number of hydrogen-bond donors (Lipinski definition) is 2. The number of carbonyl (C=O) groups is 1. The number of carbonyl (C=O) groups excluding carboxylic acids is 1. The molecule has 2 unspecified atom stereocenters. The molecule has 96 valence electrons. The van der Waals surface area contributed by atoms with E-state index in [0.717, 1.165) is 12.8 Å². The Morgan fingerprint density at radius 2 is 1.94 bits per heavy atom. The summed E-state index contributed by atoms with van der Waals surface area (Å²) in [6, 6.07) is -0.0283. The van der Waals surface area contributed by atoms with E-state index in [1.54, 1.807) is 0 Å². The van der Waals surface area contributed by atoms with Crippen LogP contribution in [0.25, 0.3) is 0 Å². The second kappa shape index (κ2) is 8.53. The van der Waals surface area contributed by atoms with Gasteiger partial charge in [-0.1, -0.05) is 27.2 Å². The highest BCUT2D eigenvalue weighted by atomic mass is 16.5. The molecule has 4 heteroatoms. The highest BCUT2D eigenvalue weighted by Gasteiger charge is 2.15. The molecule has 0 aromatic carbocycles. The molecule has 0 aromatic heterocycles. The van der Waals surface area contributed by atoms with Gasteiger partial charge in [-0.2, -0.15) is 0 Å². The van der Waals surface area contributed by atoms with Crippen LogP contribution in [0.1, 0.15) is 47.0 Å². The van der Waals surface area contributed by atoms with Crippen molar-refractivity contribution >= 4 is 5.91 Å². The number of nitrogens with two attached hydrogens (primary N) is 1. The Hall–Kier alpha value is -0.610. The first-order valence-electron chi connectivity index (χ1n) is 6.14. The summed E-state index contributed by atoms with van der Waals surface area (Å²) in [5, 5.41) is 3.13. The van der Waals surface area contributed by atoms with Crippen LogP contribution in [0.5, 0.6) is 0 Å². The lowest BCUT2D eigenvalue weighted by molar-refractivity contribution is -0.120. The number of amides is 1. The van der Waals surface area contributed by atoms with Crippen molar-refractivity contribution in [1.29, 1.82) is 0 Å².